The Morgan fingerprint density at radius 3 is 3.07 bits per heavy atom. The van der Waals surface area contributed by atoms with Crippen LogP contribution in [0.15, 0.2) is 18.2 Å². The number of nitrogen functional groups attached to an aromatic ring is 1. The first kappa shape index (κ1) is 10.3. The van der Waals surface area contributed by atoms with Crippen molar-refractivity contribution < 1.29 is 4.74 Å². The van der Waals surface area contributed by atoms with Crippen LogP contribution in [0.4, 0.5) is 11.4 Å². The molecule has 1 atom stereocenters. The van der Waals surface area contributed by atoms with E-state index in [0.717, 1.165) is 30.1 Å². The molecule has 1 saturated heterocycles. The van der Waals surface area contributed by atoms with E-state index in [4.69, 9.17) is 10.5 Å². The van der Waals surface area contributed by atoms with Gasteiger partial charge in [0.15, 0.2) is 0 Å². The van der Waals surface area contributed by atoms with Crippen LogP contribution in [0.2, 0.25) is 0 Å². The minimum atomic E-state index is 0.378. The average Bonchev–Trinajstić information content (AvgIpc) is 2.73. The number of anilines is 2. The van der Waals surface area contributed by atoms with Crippen molar-refractivity contribution in [3.05, 3.63) is 23.8 Å². The second kappa shape index (κ2) is 4.53. The third-order valence-electron chi connectivity index (χ3n) is 2.83. The minimum Gasteiger partial charge on any atom is -0.399 e. The largest absolute Gasteiger partial charge is 0.399 e. The summed E-state index contributed by atoms with van der Waals surface area (Å²) in [5, 5.41) is 3.37. The first-order valence-corrected chi connectivity index (χ1v) is 5.47. The molecule has 0 spiro atoms. The van der Waals surface area contributed by atoms with Crippen molar-refractivity contribution in [3.63, 3.8) is 0 Å². The molecule has 0 saturated carbocycles. The summed E-state index contributed by atoms with van der Waals surface area (Å²) in [7, 11) is 0. The van der Waals surface area contributed by atoms with Gasteiger partial charge >= 0.3 is 0 Å². The highest BCUT2D eigenvalue weighted by Crippen LogP contribution is 2.18. The monoisotopic (exact) mass is 206 g/mol. The Hall–Kier alpha value is -1.22. The van der Waals surface area contributed by atoms with Gasteiger partial charge in [-0.05, 0) is 43.5 Å². The fraction of sp³-hybridized carbons (Fsp3) is 0.500. The summed E-state index contributed by atoms with van der Waals surface area (Å²) in [4.78, 5) is 0. The second-order valence-corrected chi connectivity index (χ2v) is 4.09. The number of rotatable bonds is 3. The summed E-state index contributed by atoms with van der Waals surface area (Å²) in [5.41, 5.74) is 8.84. The molecule has 15 heavy (non-hydrogen) atoms. The molecule has 1 aliphatic heterocycles. The van der Waals surface area contributed by atoms with E-state index in [-0.39, 0.29) is 0 Å². The van der Waals surface area contributed by atoms with Gasteiger partial charge in [-0.25, -0.2) is 0 Å². The van der Waals surface area contributed by atoms with Gasteiger partial charge in [0, 0.05) is 24.5 Å². The highest BCUT2D eigenvalue weighted by molar-refractivity contribution is 5.56. The van der Waals surface area contributed by atoms with Crippen molar-refractivity contribution in [2.24, 2.45) is 0 Å². The molecule has 0 radical (unpaired) electrons. The lowest BCUT2D eigenvalue weighted by molar-refractivity contribution is 0.120. The van der Waals surface area contributed by atoms with Crippen molar-refractivity contribution in [2.45, 2.75) is 25.9 Å². The minimum absolute atomic E-state index is 0.378. The van der Waals surface area contributed by atoms with Crippen molar-refractivity contribution in [1.29, 1.82) is 0 Å². The Morgan fingerprint density at radius 2 is 2.40 bits per heavy atom. The van der Waals surface area contributed by atoms with Crippen LogP contribution in [0.1, 0.15) is 18.4 Å². The van der Waals surface area contributed by atoms with Crippen LogP contribution in [0.3, 0.4) is 0 Å². The molecular weight excluding hydrogens is 188 g/mol. The van der Waals surface area contributed by atoms with Gasteiger partial charge in [0.2, 0.25) is 0 Å². The maximum absolute atomic E-state index is 5.75. The van der Waals surface area contributed by atoms with Gasteiger partial charge < -0.3 is 15.8 Å². The molecule has 1 fully saturated rings. The van der Waals surface area contributed by atoms with Gasteiger partial charge in [0.1, 0.15) is 0 Å². The van der Waals surface area contributed by atoms with Crippen molar-refractivity contribution >= 4 is 11.4 Å². The van der Waals surface area contributed by atoms with Gasteiger partial charge in [-0.15, -0.1) is 0 Å². The molecule has 3 nitrogen and oxygen atoms in total. The zero-order chi connectivity index (χ0) is 10.7. The first-order chi connectivity index (χ1) is 7.25. The predicted octanol–water partition coefficient (Wildman–Crippen LogP) is 2.17. The molecule has 1 heterocycles. The lowest BCUT2D eigenvalue weighted by Crippen LogP contribution is -2.18. The summed E-state index contributed by atoms with van der Waals surface area (Å²) in [6, 6.07) is 6.02. The number of hydrogen-bond donors (Lipinski definition) is 2. The highest BCUT2D eigenvalue weighted by atomic mass is 16.5. The van der Waals surface area contributed by atoms with Crippen LogP contribution < -0.4 is 11.1 Å². The molecule has 1 aromatic rings. The van der Waals surface area contributed by atoms with Gasteiger partial charge in [-0.2, -0.15) is 0 Å². The lowest BCUT2D eigenvalue weighted by Gasteiger charge is -2.12. The van der Waals surface area contributed by atoms with Gasteiger partial charge in [-0.1, -0.05) is 0 Å². The van der Waals surface area contributed by atoms with E-state index in [1.807, 2.05) is 19.1 Å². The van der Waals surface area contributed by atoms with Crippen LogP contribution in [-0.4, -0.2) is 19.3 Å². The quantitative estimate of drug-likeness (QED) is 0.745. The average molecular weight is 206 g/mol. The van der Waals surface area contributed by atoms with Crippen LogP contribution >= 0.6 is 0 Å². The Morgan fingerprint density at radius 1 is 1.53 bits per heavy atom. The normalized spacial score (nSPS) is 20.5. The number of hydrogen-bond acceptors (Lipinski definition) is 3. The van der Waals surface area contributed by atoms with E-state index in [1.54, 1.807) is 0 Å². The van der Waals surface area contributed by atoms with Crippen LogP contribution in [0, 0.1) is 6.92 Å². The Kier molecular flexibility index (Phi) is 3.11. The lowest BCUT2D eigenvalue weighted by atomic mass is 10.2. The zero-order valence-electron chi connectivity index (χ0n) is 9.12. The molecule has 0 amide bonds. The molecule has 0 bridgehead atoms. The number of nitrogens with one attached hydrogen (secondary N) is 1. The predicted molar refractivity (Wildman–Crippen MR) is 63.1 cm³/mol. The molecule has 1 aromatic carbocycles. The topological polar surface area (TPSA) is 47.3 Å². The summed E-state index contributed by atoms with van der Waals surface area (Å²) in [5.74, 6) is 0. The molecule has 1 aliphatic rings. The second-order valence-electron chi connectivity index (χ2n) is 4.09. The van der Waals surface area contributed by atoms with E-state index in [9.17, 15) is 0 Å². The van der Waals surface area contributed by atoms with Crippen LogP contribution in [0.5, 0.6) is 0 Å². The van der Waals surface area contributed by atoms with Crippen molar-refractivity contribution in [1.82, 2.24) is 0 Å². The molecule has 0 aliphatic carbocycles. The summed E-state index contributed by atoms with van der Waals surface area (Å²) >= 11 is 0. The number of ether oxygens (including phenoxy) is 1. The highest BCUT2D eigenvalue weighted by Gasteiger charge is 2.14. The molecule has 3 N–H and O–H groups in total. The number of benzene rings is 1. The summed E-state index contributed by atoms with van der Waals surface area (Å²) < 4.78 is 5.54. The third kappa shape index (κ3) is 2.63. The van der Waals surface area contributed by atoms with E-state index >= 15 is 0 Å². The van der Waals surface area contributed by atoms with E-state index < -0.39 is 0 Å². The maximum atomic E-state index is 5.75. The Balaban J connectivity index is 1.90. The fourth-order valence-electron chi connectivity index (χ4n) is 1.82. The summed E-state index contributed by atoms with van der Waals surface area (Å²) in [6.07, 6.45) is 2.73. The van der Waals surface area contributed by atoms with Crippen LogP contribution in [0.25, 0.3) is 0 Å². The van der Waals surface area contributed by atoms with E-state index in [0.29, 0.717) is 6.10 Å². The molecule has 1 unspecified atom stereocenters. The maximum Gasteiger partial charge on any atom is 0.0748 e. The number of nitrogens with two attached hydrogens (primary N) is 1. The molecule has 82 valence electrons. The van der Waals surface area contributed by atoms with Crippen molar-refractivity contribution in [3.8, 4) is 0 Å². The third-order valence-corrected chi connectivity index (χ3v) is 2.83. The van der Waals surface area contributed by atoms with Crippen LogP contribution in [-0.2, 0) is 4.74 Å². The summed E-state index contributed by atoms with van der Waals surface area (Å²) in [6.45, 7) is 3.82. The van der Waals surface area contributed by atoms with E-state index in [1.165, 1.54) is 12.8 Å². The van der Waals surface area contributed by atoms with Gasteiger partial charge in [0.05, 0.1) is 6.10 Å². The standard InChI is InChI=1S/C12H18N2O/c1-9-7-10(4-5-12(9)13)14-8-11-3-2-6-15-11/h4-5,7,11,14H,2-3,6,8,13H2,1H3. The molecular formula is C12H18N2O. The molecule has 0 aromatic heterocycles. The zero-order valence-corrected chi connectivity index (χ0v) is 9.12. The van der Waals surface area contributed by atoms with Gasteiger partial charge in [-0.3, -0.25) is 0 Å². The van der Waals surface area contributed by atoms with E-state index in [2.05, 4.69) is 11.4 Å². The Bertz CT molecular complexity index is 332. The fourth-order valence-corrected chi connectivity index (χ4v) is 1.82. The molecule has 3 heteroatoms. The first-order valence-electron chi connectivity index (χ1n) is 5.47. The van der Waals surface area contributed by atoms with Crippen molar-refractivity contribution in [2.75, 3.05) is 24.2 Å². The molecule has 2 rings (SSSR count). The SMILES string of the molecule is Cc1cc(NCC2CCCO2)ccc1N. The number of aryl methyl sites for hydroxylation is 1. The van der Waals surface area contributed by atoms with Gasteiger partial charge in [0.25, 0.3) is 0 Å². The Labute approximate surface area is 90.6 Å². The smallest absolute Gasteiger partial charge is 0.0748 e.